The normalized spacial score (nSPS) is 12.8. The van der Waals surface area contributed by atoms with Crippen LogP contribution in [0.2, 0.25) is 0 Å². The lowest BCUT2D eigenvalue weighted by Crippen LogP contribution is -2.38. The van der Waals surface area contributed by atoms with Crippen molar-refractivity contribution in [3.8, 4) is 5.75 Å². The molecule has 1 atom stereocenters. The van der Waals surface area contributed by atoms with Gasteiger partial charge in [-0.2, -0.15) is 0 Å². The van der Waals surface area contributed by atoms with Crippen LogP contribution in [0.15, 0.2) is 29.4 Å². The fourth-order valence-electron chi connectivity index (χ4n) is 1.79. The molecule has 1 amide bonds. The van der Waals surface area contributed by atoms with Crippen molar-refractivity contribution in [2.45, 2.75) is 26.3 Å². The van der Waals surface area contributed by atoms with Crippen molar-refractivity contribution < 1.29 is 19.5 Å². The Kier molecular flexibility index (Phi) is 7.25. The van der Waals surface area contributed by atoms with Crippen LogP contribution in [0.3, 0.4) is 0 Å². The maximum atomic E-state index is 11.6. The van der Waals surface area contributed by atoms with E-state index in [0.717, 1.165) is 5.56 Å². The first kappa shape index (κ1) is 17.0. The summed E-state index contributed by atoms with van der Waals surface area (Å²) in [6.45, 7) is 4.04. The van der Waals surface area contributed by atoms with Gasteiger partial charge >= 0.3 is 0 Å². The third-order valence-corrected chi connectivity index (χ3v) is 2.75. The number of methoxy groups -OCH3 is 1. The van der Waals surface area contributed by atoms with E-state index in [4.69, 9.17) is 14.7 Å². The predicted molar refractivity (Wildman–Crippen MR) is 80.0 cm³/mol. The molecule has 1 aromatic carbocycles. The molecule has 0 aromatic heterocycles. The minimum Gasteiger partial charge on any atom is -0.484 e. The molecule has 21 heavy (non-hydrogen) atoms. The molecule has 6 nitrogen and oxygen atoms in total. The molecule has 1 aromatic rings. The Hall–Kier alpha value is -2.08. The third kappa shape index (κ3) is 6.76. The number of hydrogen-bond donors (Lipinski definition) is 2. The molecule has 0 saturated heterocycles. The summed E-state index contributed by atoms with van der Waals surface area (Å²) in [5.41, 5.74) is 1.64. The van der Waals surface area contributed by atoms with E-state index in [1.54, 1.807) is 26.2 Å². The maximum absolute atomic E-state index is 11.6. The fraction of sp³-hybridized carbons (Fsp3) is 0.467. The highest BCUT2D eigenvalue weighted by molar-refractivity contribution is 5.83. The van der Waals surface area contributed by atoms with Crippen LogP contribution in [-0.2, 0) is 16.0 Å². The van der Waals surface area contributed by atoms with Gasteiger partial charge in [0.05, 0.1) is 12.3 Å². The van der Waals surface area contributed by atoms with Crippen molar-refractivity contribution in [3.63, 3.8) is 0 Å². The molecule has 0 saturated carbocycles. The fourth-order valence-corrected chi connectivity index (χ4v) is 1.79. The standard InChI is InChI=1S/C15H22N2O4/c1-11(17-19)8-13-4-6-14(7-5-13)21-10-15(18)16-12(2)9-20-3/h4-7,12,19H,8-10H2,1-3H3,(H,16,18)/b17-11+. The van der Waals surface area contributed by atoms with Gasteiger partial charge in [-0.25, -0.2) is 0 Å². The highest BCUT2D eigenvalue weighted by Gasteiger charge is 2.07. The molecule has 0 fully saturated rings. The zero-order valence-corrected chi connectivity index (χ0v) is 12.6. The molecule has 0 heterocycles. The van der Waals surface area contributed by atoms with Crippen LogP contribution < -0.4 is 10.1 Å². The van der Waals surface area contributed by atoms with Gasteiger partial charge in [-0.1, -0.05) is 17.3 Å². The summed E-state index contributed by atoms with van der Waals surface area (Å²) in [5.74, 6) is 0.429. The van der Waals surface area contributed by atoms with Gasteiger partial charge in [0.25, 0.3) is 5.91 Å². The molecule has 0 bridgehead atoms. The summed E-state index contributed by atoms with van der Waals surface area (Å²) in [6, 6.07) is 7.26. The number of nitrogens with one attached hydrogen (secondary N) is 1. The first-order valence-corrected chi connectivity index (χ1v) is 6.72. The summed E-state index contributed by atoms with van der Waals surface area (Å²) in [7, 11) is 1.59. The van der Waals surface area contributed by atoms with Gasteiger partial charge in [-0.3, -0.25) is 4.79 Å². The molecule has 1 rings (SSSR count). The van der Waals surface area contributed by atoms with Crippen molar-refractivity contribution >= 4 is 11.6 Å². The quantitative estimate of drug-likeness (QED) is 0.433. The van der Waals surface area contributed by atoms with Gasteiger partial charge in [0.2, 0.25) is 0 Å². The molecule has 1 unspecified atom stereocenters. The van der Waals surface area contributed by atoms with Gasteiger partial charge in [-0.15, -0.1) is 0 Å². The number of nitrogens with zero attached hydrogens (tertiary/aromatic N) is 1. The SMILES string of the molecule is COCC(C)NC(=O)COc1ccc(C/C(C)=N/O)cc1. The Bertz CT molecular complexity index is 471. The van der Waals surface area contributed by atoms with Crippen LogP contribution in [0.4, 0.5) is 0 Å². The Balaban J connectivity index is 2.40. The van der Waals surface area contributed by atoms with Crippen LogP contribution in [0.5, 0.6) is 5.75 Å². The van der Waals surface area contributed by atoms with E-state index in [2.05, 4.69) is 10.5 Å². The van der Waals surface area contributed by atoms with Crippen LogP contribution >= 0.6 is 0 Å². The van der Waals surface area contributed by atoms with Gasteiger partial charge in [-0.05, 0) is 31.5 Å². The van der Waals surface area contributed by atoms with E-state index >= 15 is 0 Å². The van der Waals surface area contributed by atoms with Crippen molar-refractivity contribution in [3.05, 3.63) is 29.8 Å². The lowest BCUT2D eigenvalue weighted by atomic mass is 10.1. The lowest BCUT2D eigenvalue weighted by Gasteiger charge is -2.13. The van der Waals surface area contributed by atoms with Crippen molar-refractivity contribution in [2.75, 3.05) is 20.3 Å². The lowest BCUT2D eigenvalue weighted by molar-refractivity contribution is -0.124. The van der Waals surface area contributed by atoms with Crippen molar-refractivity contribution in [1.82, 2.24) is 5.32 Å². The molecule has 0 spiro atoms. The molecule has 0 radical (unpaired) electrons. The largest absolute Gasteiger partial charge is 0.484 e. The third-order valence-electron chi connectivity index (χ3n) is 2.75. The summed E-state index contributed by atoms with van der Waals surface area (Å²) in [4.78, 5) is 11.6. The number of rotatable bonds is 8. The zero-order valence-electron chi connectivity index (χ0n) is 12.6. The number of oxime groups is 1. The molecular weight excluding hydrogens is 272 g/mol. The Morgan fingerprint density at radius 2 is 2.05 bits per heavy atom. The minimum absolute atomic E-state index is 0.0372. The second kappa shape index (κ2) is 8.97. The molecule has 0 aliphatic carbocycles. The summed E-state index contributed by atoms with van der Waals surface area (Å²) in [6.07, 6.45) is 0.575. The number of carbonyl (C=O) groups excluding carboxylic acids is 1. The second-order valence-electron chi connectivity index (χ2n) is 4.87. The van der Waals surface area contributed by atoms with E-state index in [0.29, 0.717) is 24.5 Å². The molecular formula is C15H22N2O4. The molecule has 0 aliphatic rings. The Morgan fingerprint density at radius 1 is 1.38 bits per heavy atom. The smallest absolute Gasteiger partial charge is 0.258 e. The zero-order chi connectivity index (χ0) is 15.7. The maximum Gasteiger partial charge on any atom is 0.258 e. The monoisotopic (exact) mass is 294 g/mol. The first-order valence-electron chi connectivity index (χ1n) is 6.72. The average molecular weight is 294 g/mol. The highest BCUT2D eigenvalue weighted by atomic mass is 16.5. The summed E-state index contributed by atoms with van der Waals surface area (Å²) in [5, 5.41) is 14.5. The summed E-state index contributed by atoms with van der Waals surface area (Å²) < 4.78 is 10.3. The topological polar surface area (TPSA) is 80.2 Å². The molecule has 2 N–H and O–H groups in total. The van der Waals surface area contributed by atoms with Crippen LogP contribution in [0.1, 0.15) is 19.4 Å². The minimum atomic E-state index is -0.188. The Labute approximate surface area is 124 Å². The van der Waals surface area contributed by atoms with Crippen molar-refractivity contribution in [2.24, 2.45) is 5.16 Å². The first-order chi connectivity index (χ1) is 10.0. The van der Waals surface area contributed by atoms with Crippen LogP contribution in [-0.4, -0.2) is 43.2 Å². The second-order valence-corrected chi connectivity index (χ2v) is 4.87. The number of carbonyl (C=O) groups is 1. The van der Waals surface area contributed by atoms with E-state index < -0.39 is 0 Å². The van der Waals surface area contributed by atoms with Gasteiger partial charge in [0.1, 0.15) is 5.75 Å². The van der Waals surface area contributed by atoms with Gasteiger partial charge < -0.3 is 20.0 Å². The van der Waals surface area contributed by atoms with Gasteiger partial charge in [0, 0.05) is 19.6 Å². The molecule has 6 heteroatoms. The number of amides is 1. The molecule has 0 aliphatic heterocycles. The molecule has 116 valence electrons. The number of benzene rings is 1. The van der Waals surface area contributed by atoms with Gasteiger partial charge in [0.15, 0.2) is 6.61 Å². The highest BCUT2D eigenvalue weighted by Crippen LogP contribution is 2.12. The van der Waals surface area contributed by atoms with Crippen LogP contribution in [0, 0.1) is 0 Å². The summed E-state index contributed by atoms with van der Waals surface area (Å²) >= 11 is 0. The van der Waals surface area contributed by atoms with E-state index in [-0.39, 0.29) is 18.6 Å². The predicted octanol–water partition coefficient (Wildman–Crippen LogP) is 1.61. The number of ether oxygens (including phenoxy) is 2. The Morgan fingerprint density at radius 3 is 2.62 bits per heavy atom. The average Bonchev–Trinajstić information content (AvgIpc) is 2.46. The van der Waals surface area contributed by atoms with E-state index in [9.17, 15) is 4.79 Å². The number of hydrogen-bond acceptors (Lipinski definition) is 5. The van der Waals surface area contributed by atoms with Crippen LogP contribution in [0.25, 0.3) is 0 Å². The van der Waals surface area contributed by atoms with E-state index in [1.165, 1.54) is 0 Å². The van der Waals surface area contributed by atoms with Crippen molar-refractivity contribution in [1.29, 1.82) is 0 Å². The van der Waals surface area contributed by atoms with E-state index in [1.807, 2.05) is 19.1 Å².